The fraction of sp³-hybridized carbons (Fsp3) is 0.500. The molecule has 8 heteroatoms. The van der Waals surface area contributed by atoms with E-state index in [1.807, 2.05) is 38.0 Å². The number of likely N-dealkylation sites (N-methyl/N-ethyl adjacent to an activating group) is 1. The normalized spacial score (nSPS) is 11.4. The van der Waals surface area contributed by atoms with E-state index in [1.54, 1.807) is 0 Å². The van der Waals surface area contributed by atoms with E-state index in [4.69, 9.17) is 0 Å². The zero-order valence-electron chi connectivity index (χ0n) is 13.6. The molecule has 124 valence electrons. The van der Waals surface area contributed by atoms with Crippen LogP contribution in [-0.2, 0) is 10.0 Å². The molecule has 6 nitrogen and oxygen atoms in total. The molecule has 0 aromatic heterocycles. The SMILES string of the molecule is CN(C)C(=NCCN(C)S(=O)(=O)c1ccc(F)cc1)N(C)C. The monoisotopic (exact) mass is 330 g/mol. The molecule has 0 atom stereocenters. The molecule has 0 N–H and O–H groups in total. The second-order valence-corrected chi connectivity index (χ2v) is 7.30. The second kappa shape index (κ2) is 7.55. The third-order valence-corrected chi connectivity index (χ3v) is 4.86. The summed E-state index contributed by atoms with van der Waals surface area (Å²) < 4.78 is 38.7. The zero-order chi connectivity index (χ0) is 16.9. The first kappa shape index (κ1) is 18.4. The Balaban J connectivity index is 2.78. The fourth-order valence-electron chi connectivity index (χ4n) is 1.88. The Bertz CT molecular complexity index is 602. The van der Waals surface area contributed by atoms with E-state index in [-0.39, 0.29) is 11.4 Å². The van der Waals surface area contributed by atoms with Crippen LogP contribution in [0.25, 0.3) is 0 Å². The zero-order valence-corrected chi connectivity index (χ0v) is 14.4. The summed E-state index contributed by atoms with van der Waals surface area (Å²) in [6.45, 7) is 0.577. The second-order valence-electron chi connectivity index (χ2n) is 5.25. The number of sulfonamides is 1. The Morgan fingerprint density at radius 3 is 2.00 bits per heavy atom. The number of hydrogen-bond donors (Lipinski definition) is 0. The lowest BCUT2D eigenvalue weighted by Gasteiger charge is -2.23. The summed E-state index contributed by atoms with van der Waals surface area (Å²) in [5, 5.41) is 0. The maximum absolute atomic E-state index is 12.9. The van der Waals surface area contributed by atoms with Crippen molar-refractivity contribution in [2.75, 3.05) is 48.3 Å². The van der Waals surface area contributed by atoms with Crippen LogP contribution in [0.4, 0.5) is 4.39 Å². The summed E-state index contributed by atoms with van der Waals surface area (Å²) in [6, 6.07) is 4.79. The molecular weight excluding hydrogens is 307 g/mol. The van der Waals surface area contributed by atoms with E-state index in [9.17, 15) is 12.8 Å². The molecule has 0 amide bonds. The van der Waals surface area contributed by atoms with Gasteiger partial charge in [0.1, 0.15) is 5.82 Å². The van der Waals surface area contributed by atoms with Crippen LogP contribution in [0.5, 0.6) is 0 Å². The van der Waals surface area contributed by atoms with Gasteiger partial charge in [0.25, 0.3) is 0 Å². The van der Waals surface area contributed by atoms with E-state index >= 15 is 0 Å². The molecule has 0 aliphatic heterocycles. The predicted octanol–water partition coefficient (Wildman–Crippen LogP) is 0.925. The molecule has 0 saturated carbocycles. The maximum atomic E-state index is 12.9. The smallest absolute Gasteiger partial charge is 0.242 e. The lowest BCUT2D eigenvalue weighted by Crippen LogP contribution is -2.36. The first-order valence-electron chi connectivity index (χ1n) is 6.77. The van der Waals surface area contributed by atoms with Gasteiger partial charge in [-0.1, -0.05) is 0 Å². The highest BCUT2D eigenvalue weighted by Crippen LogP contribution is 2.14. The molecule has 22 heavy (non-hydrogen) atoms. The van der Waals surface area contributed by atoms with Crippen LogP contribution >= 0.6 is 0 Å². The van der Waals surface area contributed by atoms with Gasteiger partial charge in [-0.05, 0) is 24.3 Å². The van der Waals surface area contributed by atoms with Gasteiger partial charge < -0.3 is 9.80 Å². The van der Waals surface area contributed by atoms with Crippen molar-refractivity contribution >= 4 is 16.0 Å². The number of aliphatic imine (C=N–C) groups is 1. The molecule has 0 heterocycles. The van der Waals surface area contributed by atoms with Crippen molar-refractivity contribution in [2.24, 2.45) is 4.99 Å². The Kier molecular flexibility index (Phi) is 6.31. The Hall–Kier alpha value is -1.67. The minimum atomic E-state index is -3.62. The first-order chi connectivity index (χ1) is 10.2. The Morgan fingerprint density at radius 1 is 1.05 bits per heavy atom. The number of rotatable bonds is 5. The van der Waals surface area contributed by atoms with E-state index in [0.717, 1.165) is 18.1 Å². The minimum Gasteiger partial charge on any atom is -0.349 e. The number of hydrogen-bond acceptors (Lipinski definition) is 3. The van der Waals surface area contributed by atoms with Crippen molar-refractivity contribution in [1.29, 1.82) is 0 Å². The highest BCUT2D eigenvalue weighted by atomic mass is 32.2. The third kappa shape index (κ3) is 4.67. The average molecular weight is 330 g/mol. The molecular formula is C14H23FN4O2S. The first-order valence-corrected chi connectivity index (χ1v) is 8.21. The van der Waals surface area contributed by atoms with Gasteiger partial charge >= 0.3 is 0 Å². The van der Waals surface area contributed by atoms with Gasteiger partial charge in [-0.3, -0.25) is 4.99 Å². The van der Waals surface area contributed by atoms with Gasteiger partial charge in [0.15, 0.2) is 5.96 Å². The number of nitrogens with zero attached hydrogens (tertiary/aromatic N) is 4. The predicted molar refractivity (Wildman–Crippen MR) is 85.9 cm³/mol. The van der Waals surface area contributed by atoms with Gasteiger partial charge in [-0.25, -0.2) is 12.8 Å². The number of guanidine groups is 1. The highest BCUT2D eigenvalue weighted by Gasteiger charge is 2.20. The molecule has 1 aromatic carbocycles. The molecule has 0 unspecified atom stereocenters. The van der Waals surface area contributed by atoms with E-state index in [2.05, 4.69) is 4.99 Å². The van der Waals surface area contributed by atoms with Gasteiger partial charge in [-0.2, -0.15) is 4.31 Å². The molecule has 0 aliphatic carbocycles. The van der Waals surface area contributed by atoms with E-state index in [1.165, 1.54) is 23.5 Å². The van der Waals surface area contributed by atoms with Gasteiger partial charge in [0.05, 0.1) is 11.4 Å². The van der Waals surface area contributed by atoms with Crippen molar-refractivity contribution < 1.29 is 12.8 Å². The van der Waals surface area contributed by atoms with E-state index in [0.29, 0.717) is 6.54 Å². The quantitative estimate of drug-likeness (QED) is 0.595. The van der Waals surface area contributed by atoms with Crippen LogP contribution in [-0.4, -0.2) is 76.8 Å². The van der Waals surface area contributed by atoms with Gasteiger partial charge in [-0.15, -0.1) is 0 Å². The molecule has 0 bridgehead atoms. The molecule has 0 aliphatic rings. The third-order valence-electron chi connectivity index (χ3n) is 2.99. The molecule has 0 radical (unpaired) electrons. The van der Waals surface area contributed by atoms with Crippen molar-refractivity contribution in [3.63, 3.8) is 0 Å². The molecule has 0 spiro atoms. The summed E-state index contributed by atoms with van der Waals surface area (Å²) in [7, 11) is 5.35. The summed E-state index contributed by atoms with van der Waals surface area (Å²) in [5.41, 5.74) is 0. The largest absolute Gasteiger partial charge is 0.349 e. The van der Waals surface area contributed by atoms with Crippen LogP contribution in [0.1, 0.15) is 0 Å². The fourth-order valence-corrected chi connectivity index (χ4v) is 3.04. The lowest BCUT2D eigenvalue weighted by atomic mass is 10.4. The maximum Gasteiger partial charge on any atom is 0.242 e. The Morgan fingerprint density at radius 2 is 1.55 bits per heavy atom. The van der Waals surface area contributed by atoms with Crippen molar-refractivity contribution in [3.05, 3.63) is 30.1 Å². The molecule has 1 aromatic rings. The van der Waals surface area contributed by atoms with Crippen LogP contribution in [0.2, 0.25) is 0 Å². The van der Waals surface area contributed by atoms with Crippen molar-refractivity contribution in [2.45, 2.75) is 4.90 Å². The minimum absolute atomic E-state index is 0.0702. The van der Waals surface area contributed by atoms with E-state index < -0.39 is 15.8 Å². The Labute approximate surface area is 131 Å². The average Bonchev–Trinajstić information content (AvgIpc) is 2.42. The van der Waals surface area contributed by atoms with Crippen molar-refractivity contribution in [3.8, 4) is 0 Å². The molecule has 0 saturated heterocycles. The van der Waals surface area contributed by atoms with Crippen LogP contribution in [0, 0.1) is 5.82 Å². The highest BCUT2D eigenvalue weighted by molar-refractivity contribution is 7.89. The number of benzene rings is 1. The lowest BCUT2D eigenvalue weighted by molar-refractivity contribution is 0.460. The summed E-state index contributed by atoms with van der Waals surface area (Å²) >= 11 is 0. The van der Waals surface area contributed by atoms with Crippen LogP contribution < -0.4 is 0 Å². The summed E-state index contributed by atoms with van der Waals surface area (Å²) in [4.78, 5) is 8.17. The van der Waals surface area contributed by atoms with Gasteiger partial charge in [0, 0.05) is 41.8 Å². The topological polar surface area (TPSA) is 56.2 Å². The van der Waals surface area contributed by atoms with Crippen molar-refractivity contribution in [1.82, 2.24) is 14.1 Å². The van der Waals surface area contributed by atoms with Crippen LogP contribution in [0.15, 0.2) is 34.2 Å². The van der Waals surface area contributed by atoms with Crippen LogP contribution in [0.3, 0.4) is 0 Å². The summed E-state index contributed by atoms with van der Waals surface area (Å²) in [6.07, 6.45) is 0. The standard InChI is InChI=1S/C14H23FN4O2S/c1-17(2)14(18(3)4)16-10-11-19(5)22(20,21)13-8-6-12(15)7-9-13/h6-9H,10-11H2,1-5H3. The number of halogens is 1. The van der Waals surface area contributed by atoms with Gasteiger partial charge in [0.2, 0.25) is 10.0 Å². The molecule has 0 fully saturated rings. The molecule has 1 rings (SSSR count). The summed E-state index contributed by atoms with van der Waals surface area (Å²) in [5.74, 6) is 0.292.